The molecular weight excluding hydrogens is 250 g/mol. The van der Waals surface area contributed by atoms with Crippen LogP contribution in [0, 0.1) is 6.92 Å². The summed E-state index contributed by atoms with van der Waals surface area (Å²) >= 11 is 0. The molecular formula is C16H17N3O. The van der Waals surface area contributed by atoms with Crippen molar-refractivity contribution < 1.29 is 4.79 Å². The Morgan fingerprint density at radius 1 is 1.20 bits per heavy atom. The number of nitrogens with zero attached hydrogens (tertiary/aromatic N) is 1. The first-order chi connectivity index (χ1) is 9.69. The molecule has 0 fully saturated rings. The van der Waals surface area contributed by atoms with E-state index in [2.05, 4.69) is 11.4 Å². The Bertz CT molecular complexity index is 667. The van der Waals surface area contributed by atoms with Crippen molar-refractivity contribution in [2.24, 2.45) is 5.73 Å². The minimum absolute atomic E-state index is 0.00556. The van der Waals surface area contributed by atoms with Gasteiger partial charge in [0, 0.05) is 12.2 Å². The van der Waals surface area contributed by atoms with E-state index in [4.69, 9.17) is 5.73 Å². The van der Waals surface area contributed by atoms with Gasteiger partial charge in [-0.2, -0.15) is 0 Å². The largest absolute Gasteiger partial charge is 0.330 e. The summed E-state index contributed by atoms with van der Waals surface area (Å²) in [6.45, 7) is 2.90. The van der Waals surface area contributed by atoms with Gasteiger partial charge in [-0.05, 0) is 36.2 Å². The van der Waals surface area contributed by atoms with Crippen LogP contribution < -0.4 is 16.0 Å². The minimum Gasteiger partial charge on any atom is -0.330 e. The highest BCUT2D eigenvalue weighted by Crippen LogP contribution is 2.36. The second-order valence-electron chi connectivity index (χ2n) is 4.98. The molecule has 0 bridgehead atoms. The van der Waals surface area contributed by atoms with Gasteiger partial charge in [-0.15, -0.1) is 0 Å². The Morgan fingerprint density at radius 3 is 2.75 bits per heavy atom. The third-order valence-electron chi connectivity index (χ3n) is 3.56. The Labute approximate surface area is 118 Å². The molecule has 0 radical (unpaired) electrons. The number of rotatable bonds is 2. The first kappa shape index (κ1) is 12.7. The van der Waals surface area contributed by atoms with Gasteiger partial charge in [0.15, 0.2) is 0 Å². The van der Waals surface area contributed by atoms with Gasteiger partial charge in [0.1, 0.15) is 6.54 Å². The van der Waals surface area contributed by atoms with Crippen molar-refractivity contribution in [2.75, 3.05) is 16.8 Å². The van der Waals surface area contributed by atoms with Crippen molar-refractivity contribution in [1.29, 1.82) is 0 Å². The van der Waals surface area contributed by atoms with Crippen LogP contribution in [0.1, 0.15) is 11.1 Å². The van der Waals surface area contributed by atoms with Crippen molar-refractivity contribution in [3.63, 3.8) is 0 Å². The number of benzene rings is 2. The monoisotopic (exact) mass is 267 g/mol. The average molecular weight is 267 g/mol. The summed E-state index contributed by atoms with van der Waals surface area (Å²) in [5.41, 5.74) is 10.8. The Balaban J connectivity index is 2.08. The van der Waals surface area contributed by atoms with Crippen molar-refractivity contribution in [3.8, 4) is 0 Å². The molecule has 1 heterocycles. The van der Waals surface area contributed by atoms with E-state index in [0.717, 1.165) is 28.2 Å². The quantitative estimate of drug-likeness (QED) is 0.879. The third kappa shape index (κ3) is 2.14. The minimum atomic E-state index is 0.00556. The van der Waals surface area contributed by atoms with E-state index >= 15 is 0 Å². The highest BCUT2D eigenvalue weighted by molar-refractivity contribution is 6.03. The first-order valence-electron chi connectivity index (χ1n) is 6.65. The maximum atomic E-state index is 11.9. The number of para-hydroxylation sites is 2. The van der Waals surface area contributed by atoms with Crippen LogP contribution in [0.15, 0.2) is 42.5 Å². The number of fused-ring (bicyclic) bond motifs is 1. The second-order valence-corrected chi connectivity index (χ2v) is 4.98. The Morgan fingerprint density at radius 2 is 2.00 bits per heavy atom. The predicted molar refractivity (Wildman–Crippen MR) is 81.1 cm³/mol. The van der Waals surface area contributed by atoms with E-state index in [1.54, 1.807) is 0 Å². The fourth-order valence-corrected chi connectivity index (χ4v) is 2.60. The lowest BCUT2D eigenvalue weighted by atomic mass is 10.1. The summed E-state index contributed by atoms with van der Waals surface area (Å²) in [4.78, 5) is 13.9. The van der Waals surface area contributed by atoms with E-state index in [1.807, 2.05) is 48.2 Å². The normalized spacial score (nSPS) is 13.9. The summed E-state index contributed by atoms with van der Waals surface area (Å²) in [5, 5.41) is 2.90. The van der Waals surface area contributed by atoms with Crippen LogP contribution in [0.3, 0.4) is 0 Å². The summed E-state index contributed by atoms with van der Waals surface area (Å²) in [7, 11) is 0. The first-order valence-corrected chi connectivity index (χ1v) is 6.65. The Kier molecular flexibility index (Phi) is 3.16. The summed E-state index contributed by atoms with van der Waals surface area (Å²) in [6, 6.07) is 14.0. The molecule has 1 aliphatic heterocycles. The molecule has 0 spiro atoms. The maximum Gasteiger partial charge on any atom is 0.244 e. The lowest BCUT2D eigenvalue weighted by Crippen LogP contribution is -2.35. The molecule has 1 aliphatic rings. The van der Waals surface area contributed by atoms with Crippen LogP contribution in [0.25, 0.3) is 0 Å². The van der Waals surface area contributed by atoms with Crippen LogP contribution in [0.2, 0.25) is 0 Å². The molecule has 0 saturated carbocycles. The van der Waals surface area contributed by atoms with Gasteiger partial charge in [-0.1, -0.05) is 24.3 Å². The van der Waals surface area contributed by atoms with Gasteiger partial charge in [-0.3, -0.25) is 4.79 Å². The van der Waals surface area contributed by atoms with Gasteiger partial charge in [-0.25, -0.2) is 0 Å². The highest BCUT2D eigenvalue weighted by atomic mass is 16.2. The molecule has 3 N–H and O–H groups in total. The number of nitrogens with two attached hydrogens (primary N) is 1. The lowest BCUT2D eigenvalue weighted by molar-refractivity contribution is -0.115. The van der Waals surface area contributed by atoms with Crippen molar-refractivity contribution in [1.82, 2.24) is 0 Å². The SMILES string of the molecule is Cc1cc(CN)ccc1N1CC(=O)Nc2ccccc21. The zero-order valence-electron chi connectivity index (χ0n) is 11.4. The number of hydrogen-bond donors (Lipinski definition) is 2. The number of amides is 1. The fraction of sp³-hybridized carbons (Fsp3) is 0.188. The van der Waals surface area contributed by atoms with Gasteiger partial charge in [0.2, 0.25) is 5.91 Å². The number of nitrogens with one attached hydrogen (secondary N) is 1. The third-order valence-corrected chi connectivity index (χ3v) is 3.56. The number of aryl methyl sites for hydroxylation is 1. The molecule has 4 heteroatoms. The van der Waals surface area contributed by atoms with Crippen molar-refractivity contribution in [2.45, 2.75) is 13.5 Å². The van der Waals surface area contributed by atoms with Crippen LogP contribution in [0.5, 0.6) is 0 Å². The van der Waals surface area contributed by atoms with E-state index in [1.165, 1.54) is 0 Å². The highest BCUT2D eigenvalue weighted by Gasteiger charge is 2.23. The van der Waals surface area contributed by atoms with E-state index in [9.17, 15) is 4.79 Å². The molecule has 2 aromatic rings. The van der Waals surface area contributed by atoms with Crippen LogP contribution in [-0.2, 0) is 11.3 Å². The molecule has 0 aliphatic carbocycles. The number of carbonyl (C=O) groups is 1. The van der Waals surface area contributed by atoms with Crippen LogP contribution in [0.4, 0.5) is 17.1 Å². The molecule has 0 aromatic heterocycles. The summed E-state index contributed by atoms with van der Waals surface area (Å²) in [5.74, 6) is 0.00556. The molecule has 20 heavy (non-hydrogen) atoms. The molecule has 0 saturated heterocycles. The molecule has 2 aromatic carbocycles. The predicted octanol–water partition coefficient (Wildman–Crippen LogP) is 2.54. The van der Waals surface area contributed by atoms with Gasteiger partial charge >= 0.3 is 0 Å². The standard InChI is InChI=1S/C16H17N3O/c1-11-8-12(9-17)6-7-14(11)19-10-16(20)18-13-4-2-3-5-15(13)19/h2-8H,9-10,17H2,1H3,(H,18,20). The lowest BCUT2D eigenvalue weighted by Gasteiger charge is -2.32. The summed E-state index contributed by atoms with van der Waals surface area (Å²) in [6.07, 6.45) is 0. The molecule has 102 valence electrons. The fourth-order valence-electron chi connectivity index (χ4n) is 2.60. The number of hydrogen-bond acceptors (Lipinski definition) is 3. The van der Waals surface area contributed by atoms with Gasteiger partial charge < -0.3 is 16.0 Å². The second kappa shape index (κ2) is 4.98. The van der Waals surface area contributed by atoms with E-state index in [-0.39, 0.29) is 5.91 Å². The smallest absolute Gasteiger partial charge is 0.244 e. The maximum absolute atomic E-state index is 11.9. The number of carbonyl (C=O) groups excluding carboxylic acids is 1. The average Bonchev–Trinajstić information content (AvgIpc) is 2.46. The van der Waals surface area contributed by atoms with Crippen molar-refractivity contribution in [3.05, 3.63) is 53.6 Å². The van der Waals surface area contributed by atoms with Crippen molar-refractivity contribution >= 4 is 23.0 Å². The molecule has 3 rings (SSSR count). The van der Waals surface area contributed by atoms with Crippen LogP contribution in [-0.4, -0.2) is 12.5 Å². The zero-order chi connectivity index (χ0) is 14.1. The molecule has 4 nitrogen and oxygen atoms in total. The van der Waals surface area contributed by atoms with Gasteiger partial charge in [0.25, 0.3) is 0 Å². The molecule has 1 amide bonds. The van der Waals surface area contributed by atoms with E-state index < -0.39 is 0 Å². The van der Waals surface area contributed by atoms with Crippen LogP contribution >= 0.6 is 0 Å². The molecule has 0 atom stereocenters. The van der Waals surface area contributed by atoms with Gasteiger partial charge in [0.05, 0.1) is 11.4 Å². The number of anilines is 3. The van der Waals surface area contributed by atoms with E-state index in [0.29, 0.717) is 13.1 Å². The summed E-state index contributed by atoms with van der Waals surface area (Å²) < 4.78 is 0. The molecule has 0 unspecified atom stereocenters. The topological polar surface area (TPSA) is 58.4 Å². The zero-order valence-corrected chi connectivity index (χ0v) is 11.4. The Hall–Kier alpha value is -2.33.